The summed E-state index contributed by atoms with van der Waals surface area (Å²) in [5, 5.41) is -0.407. The molecule has 0 amide bonds. The van der Waals surface area contributed by atoms with E-state index in [1.807, 2.05) is 0 Å². The number of sulfonamides is 1. The highest BCUT2D eigenvalue weighted by atomic mass is 35.5. The van der Waals surface area contributed by atoms with Crippen molar-refractivity contribution in [1.29, 1.82) is 0 Å². The molecule has 0 aliphatic heterocycles. The highest BCUT2D eigenvalue weighted by Gasteiger charge is 2.31. The number of aromatic nitrogens is 1. The molecule has 3 rings (SSSR count). The second-order valence-electron chi connectivity index (χ2n) is 5.35. The molecular weight excluding hydrogens is 397 g/mol. The van der Waals surface area contributed by atoms with Crippen LogP contribution in [0.1, 0.15) is 5.56 Å². The number of anilines is 1. The van der Waals surface area contributed by atoms with Crippen molar-refractivity contribution in [3.8, 4) is 0 Å². The van der Waals surface area contributed by atoms with Crippen molar-refractivity contribution in [2.75, 3.05) is 4.72 Å². The number of aryl methyl sites for hydroxylation is 1. The van der Waals surface area contributed by atoms with E-state index >= 15 is 0 Å². The van der Waals surface area contributed by atoms with Crippen LogP contribution in [0.2, 0.25) is 5.02 Å². The van der Waals surface area contributed by atoms with Crippen molar-refractivity contribution >= 4 is 38.4 Å². The quantitative estimate of drug-likeness (QED) is 0.720. The zero-order chi connectivity index (χ0) is 19.3. The maximum atomic E-state index is 12.7. The molecule has 0 saturated carbocycles. The van der Waals surface area contributed by atoms with Gasteiger partial charge in [0.05, 0.1) is 26.7 Å². The first kappa shape index (κ1) is 18.3. The molecule has 0 bridgehead atoms. The number of benzene rings is 2. The van der Waals surface area contributed by atoms with Crippen LogP contribution in [0.15, 0.2) is 50.5 Å². The molecule has 0 atom stereocenters. The molecule has 2 aromatic carbocycles. The van der Waals surface area contributed by atoms with Crippen molar-refractivity contribution in [2.45, 2.75) is 11.1 Å². The summed E-state index contributed by atoms with van der Waals surface area (Å²) in [6, 6.07) is 6.00. The van der Waals surface area contributed by atoms with Crippen LogP contribution in [0, 0.1) is 0 Å². The van der Waals surface area contributed by atoms with Gasteiger partial charge in [0, 0.05) is 13.1 Å². The Bertz CT molecular complexity index is 1170. The SMILES string of the molecule is Cn1c(=O)oc2cc(S(=O)(=O)Nc3ccc(C(F)(F)F)cc3Cl)ccc21. The van der Waals surface area contributed by atoms with Crippen LogP contribution in [-0.2, 0) is 23.2 Å². The summed E-state index contributed by atoms with van der Waals surface area (Å²) >= 11 is 5.76. The van der Waals surface area contributed by atoms with Crippen LogP contribution in [0.5, 0.6) is 0 Å². The van der Waals surface area contributed by atoms with Crippen LogP contribution >= 0.6 is 11.6 Å². The average Bonchev–Trinajstić information content (AvgIpc) is 2.82. The molecule has 138 valence electrons. The fourth-order valence-electron chi connectivity index (χ4n) is 2.26. The lowest BCUT2D eigenvalue weighted by Gasteiger charge is -2.12. The van der Waals surface area contributed by atoms with E-state index in [-0.39, 0.29) is 16.2 Å². The second-order valence-corrected chi connectivity index (χ2v) is 7.44. The van der Waals surface area contributed by atoms with Crippen molar-refractivity contribution in [1.82, 2.24) is 4.57 Å². The van der Waals surface area contributed by atoms with Crippen LogP contribution in [0.25, 0.3) is 11.1 Å². The number of oxazole rings is 1. The molecular formula is C15H10ClF3N2O4S. The number of rotatable bonds is 3. The van der Waals surface area contributed by atoms with Crippen LogP contribution < -0.4 is 10.5 Å². The monoisotopic (exact) mass is 406 g/mol. The Morgan fingerprint density at radius 3 is 2.46 bits per heavy atom. The summed E-state index contributed by atoms with van der Waals surface area (Å²) in [4.78, 5) is 11.2. The van der Waals surface area contributed by atoms with Crippen molar-refractivity contribution in [3.63, 3.8) is 0 Å². The Labute approximate surface area is 149 Å². The number of alkyl halides is 3. The third-order valence-corrected chi connectivity index (χ3v) is 5.29. The van der Waals surface area contributed by atoms with Crippen LogP contribution in [0.4, 0.5) is 18.9 Å². The molecule has 0 aliphatic carbocycles. The maximum Gasteiger partial charge on any atom is 0.419 e. The predicted octanol–water partition coefficient (Wildman–Crippen LogP) is 3.60. The van der Waals surface area contributed by atoms with Gasteiger partial charge in [-0.2, -0.15) is 13.2 Å². The third kappa shape index (κ3) is 3.29. The van der Waals surface area contributed by atoms with Gasteiger partial charge in [-0.05, 0) is 30.3 Å². The van der Waals surface area contributed by atoms with Gasteiger partial charge in [0.1, 0.15) is 0 Å². The number of hydrogen-bond acceptors (Lipinski definition) is 4. The van der Waals surface area contributed by atoms with Crippen molar-refractivity contribution < 1.29 is 26.0 Å². The van der Waals surface area contributed by atoms with E-state index in [1.165, 1.54) is 23.7 Å². The lowest BCUT2D eigenvalue weighted by atomic mass is 10.2. The molecule has 26 heavy (non-hydrogen) atoms. The van der Waals surface area contributed by atoms with E-state index in [0.717, 1.165) is 12.1 Å². The minimum absolute atomic E-state index is 0.0545. The number of nitrogens with zero attached hydrogens (tertiary/aromatic N) is 1. The summed E-state index contributed by atoms with van der Waals surface area (Å²) in [5.74, 6) is -0.659. The first-order valence-corrected chi connectivity index (χ1v) is 8.84. The van der Waals surface area contributed by atoms with Gasteiger partial charge in [-0.25, -0.2) is 13.2 Å². The van der Waals surface area contributed by atoms with Crippen molar-refractivity contribution in [3.05, 3.63) is 57.5 Å². The lowest BCUT2D eigenvalue weighted by Crippen LogP contribution is -2.14. The molecule has 11 heteroatoms. The molecule has 1 aromatic heterocycles. The molecule has 0 unspecified atom stereocenters. The predicted molar refractivity (Wildman–Crippen MR) is 88.7 cm³/mol. The Hall–Kier alpha value is -2.46. The number of fused-ring (bicyclic) bond motifs is 1. The minimum atomic E-state index is -4.60. The Balaban J connectivity index is 1.98. The van der Waals surface area contributed by atoms with E-state index in [2.05, 4.69) is 4.72 Å². The summed E-state index contributed by atoms with van der Waals surface area (Å²) in [7, 11) is -2.71. The lowest BCUT2D eigenvalue weighted by molar-refractivity contribution is -0.137. The third-order valence-electron chi connectivity index (χ3n) is 3.61. The van der Waals surface area contributed by atoms with E-state index in [4.69, 9.17) is 16.0 Å². The van der Waals surface area contributed by atoms with E-state index < -0.39 is 32.5 Å². The highest BCUT2D eigenvalue weighted by molar-refractivity contribution is 7.92. The molecule has 0 radical (unpaired) electrons. The van der Waals surface area contributed by atoms with E-state index in [9.17, 15) is 26.4 Å². The van der Waals surface area contributed by atoms with Gasteiger partial charge in [0.25, 0.3) is 10.0 Å². The van der Waals surface area contributed by atoms with Gasteiger partial charge in [0.2, 0.25) is 0 Å². The topological polar surface area (TPSA) is 81.3 Å². The normalized spacial score (nSPS) is 12.5. The Morgan fingerprint density at radius 2 is 1.85 bits per heavy atom. The van der Waals surface area contributed by atoms with Gasteiger partial charge in [-0.15, -0.1) is 0 Å². The number of halogens is 4. The number of hydrogen-bond donors (Lipinski definition) is 1. The van der Waals surface area contributed by atoms with Gasteiger partial charge in [-0.1, -0.05) is 11.6 Å². The maximum absolute atomic E-state index is 12.7. The molecule has 0 fully saturated rings. The minimum Gasteiger partial charge on any atom is -0.408 e. The average molecular weight is 407 g/mol. The zero-order valence-electron chi connectivity index (χ0n) is 13.0. The Kier molecular flexibility index (Phi) is 4.27. The molecule has 6 nitrogen and oxygen atoms in total. The van der Waals surface area contributed by atoms with E-state index in [1.54, 1.807) is 0 Å². The second kappa shape index (κ2) is 6.06. The molecule has 0 saturated heterocycles. The molecule has 1 heterocycles. The highest BCUT2D eigenvalue weighted by Crippen LogP contribution is 2.34. The summed E-state index contributed by atoms with van der Waals surface area (Å²) in [5.41, 5.74) is -0.771. The summed E-state index contributed by atoms with van der Waals surface area (Å²) < 4.78 is 71.1. The summed E-state index contributed by atoms with van der Waals surface area (Å²) in [6.45, 7) is 0. The first-order valence-electron chi connectivity index (χ1n) is 6.98. The van der Waals surface area contributed by atoms with Gasteiger partial charge < -0.3 is 4.42 Å². The molecule has 0 aliphatic rings. The van der Waals surface area contributed by atoms with Gasteiger partial charge in [-0.3, -0.25) is 9.29 Å². The molecule has 1 N–H and O–H groups in total. The van der Waals surface area contributed by atoms with Crippen LogP contribution in [0.3, 0.4) is 0 Å². The van der Waals surface area contributed by atoms with Gasteiger partial charge in [0.15, 0.2) is 5.58 Å². The standard InChI is InChI=1S/C15H10ClF3N2O4S/c1-21-12-5-3-9(7-13(12)25-14(21)22)26(23,24)20-11-4-2-8(6-10(11)16)15(17,18)19/h2-7,20H,1H3. The zero-order valence-corrected chi connectivity index (χ0v) is 14.5. The van der Waals surface area contributed by atoms with Crippen LogP contribution in [-0.4, -0.2) is 13.0 Å². The smallest absolute Gasteiger partial charge is 0.408 e. The fraction of sp³-hybridized carbons (Fsp3) is 0.133. The molecule has 0 spiro atoms. The number of nitrogens with one attached hydrogen (secondary N) is 1. The van der Waals surface area contributed by atoms with E-state index in [0.29, 0.717) is 17.6 Å². The first-order chi connectivity index (χ1) is 12.0. The fourth-order valence-corrected chi connectivity index (χ4v) is 3.64. The molecule has 3 aromatic rings. The largest absolute Gasteiger partial charge is 0.419 e. The van der Waals surface area contributed by atoms with Gasteiger partial charge >= 0.3 is 11.9 Å². The van der Waals surface area contributed by atoms with Crippen molar-refractivity contribution in [2.24, 2.45) is 7.05 Å². The summed E-state index contributed by atoms with van der Waals surface area (Å²) in [6.07, 6.45) is -4.60. The Morgan fingerprint density at radius 1 is 1.15 bits per heavy atom.